The summed E-state index contributed by atoms with van der Waals surface area (Å²) in [5.41, 5.74) is 2.56. The lowest BCUT2D eigenvalue weighted by Crippen LogP contribution is -2.53. The van der Waals surface area contributed by atoms with Gasteiger partial charge in [-0.15, -0.1) is 0 Å². The Hall–Kier alpha value is -2.29. The molecule has 10 heteroatoms. The van der Waals surface area contributed by atoms with Gasteiger partial charge in [0.2, 0.25) is 21.8 Å². The van der Waals surface area contributed by atoms with Crippen molar-refractivity contribution in [3.05, 3.63) is 63.6 Å². The van der Waals surface area contributed by atoms with Crippen molar-refractivity contribution >= 4 is 50.7 Å². The van der Waals surface area contributed by atoms with Crippen molar-refractivity contribution in [2.45, 2.75) is 102 Å². The van der Waals surface area contributed by atoms with E-state index in [4.69, 9.17) is 23.2 Å². The first-order chi connectivity index (χ1) is 21.4. The van der Waals surface area contributed by atoms with Gasteiger partial charge in [-0.1, -0.05) is 61.2 Å². The monoisotopic (exact) mass is 673 g/mol. The molecule has 2 amide bonds. The summed E-state index contributed by atoms with van der Waals surface area (Å²) in [5.74, 6) is 1.72. The third-order valence-corrected chi connectivity index (χ3v) is 12.7. The molecule has 7 rings (SSSR count). The van der Waals surface area contributed by atoms with E-state index in [1.165, 1.54) is 49.0 Å². The molecule has 5 aliphatic rings. The molecule has 5 aliphatic carbocycles. The van der Waals surface area contributed by atoms with Crippen LogP contribution >= 0.6 is 23.2 Å². The number of amides is 2. The average molecular weight is 675 g/mol. The van der Waals surface area contributed by atoms with Gasteiger partial charge < -0.3 is 10.2 Å². The van der Waals surface area contributed by atoms with Crippen LogP contribution in [0.2, 0.25) is 10.0 Å². The summed E-state index contributed by atoms with van der Waals surface area (Å²) in [6, 6.07) is 12.2. The van der Waals surface area contributed by atoms with Gasteiger partial charge >= 0.3 is 0 Å². The van der Waals surface area contributed by atoms with Crippen LogP contribution in [0.1, 0.15) is 88.7 Å². The standard InChI is InChI=1S/C35H45Cl2N3O4S/c1-3-32(34(42)38-29-6-4-5-7-29)39(21-26-8-11-28(36)17-31(26)37)33(41)22-40(45(2,43)44)30-12-9-27(10-13-30)35-18-23-14-24(19-35)16-25(15-23)20-35/h8-13,17,23-25,29,32H,3-7,14-16,18-22H2,1-2H3,(H,38,42)/t23?,24?,25?,32-,35?/m1/s1. The van der Waals surface area contributed by atoms with E-state index in [0.717, 1.165) is 54.0 Å². The molecule has 2 aromatic carbocycles. The molecule has 5 fully saturated rings. The van der Waals surface area contributed by atoms with Gasteiger partial charge in [-0.2, -0.15) is 0 Å². The van der Waals surface area contributed by atoms with Crippen LogP contribution in [0.25, 0.3) is 0 Å². The van der Waals surface area contributed by atoms with Crippen LogP contribution in [-0.2, 0) is 31.6 Å². The molecule has 0 aromatic heterocycles. The third kappa shape index (κ3) is 7.03. The minimum Gasteiger partial charge on any atom is -0.352 e. The van der Waals surface area contributed by atoms with Gasteiger partial charge in [-0.3, -0.25) is 13.9 Å². The first kappa shape index (κ1) is 32.6. The highest BCUT2D eigenvalue weighted by Gasteiger charge is 2.51. The van der Waals surface area contributed by atoms with Gasteiger partial charge in [0.25, 0.3) is 0 Å². The van der Waals surface area contributed by atoms with Crippen LogP contribution in [0, 0.1) is 17.8 Å². The number of hydrogen-bond acceptors (Lipinski definition) is 4. The molecule has 0 saturated heterocycles. The molecule has 45 heavy (non-hydrogen) atoms. The number of benzene rings is 2. The van der Waals surface area contributed by atoms with Crippen LogP contribution in [0.15, 0.2) is 42.5 Å². The summed E-state index contributed by atoms with van der Waals surface area (Å²) in [4.78, 5) is 29.2. The first-order valence-electron chi connectivity index (χ1n) is 16.6. The van der Waals surface area contributed by atoms with E-state index in [-0.39, 0.29) is 23.9 Å². The lowest BCUT2D eigenvalue weighted by Gasteiger charge is -2.57. The number of carbonyl (C=O) groups excluding carboxylic acids is 2. The molecule has 244 valence electrons. The molecule has 0 spiro atoms. The van der Waals surface area contributed by atoms with Crippen LogP contribution in [0.5, 0.6) is 0 Å². The maximum absolute atomic E-state index is 14.2. The predicted octanol–water partition coefficient (Wildman–Crippen LogP) is 7.09. The van der Waals surface area contributed by atoms with Crippen molar-refractivity contribution in [3.63, 3.8) is 0 Å². The number of sulfonamides is 1. The highest BCUT2D eigenvalue weighted by atomic mass is 35.5. The molecule has 7 nitrogen and oxygen atoms in total. The Labute approximate surface area is 278 Å². The number of hydrogen-bond donors (Lipinski definition) is 1. The summed E-state index contributed by atoms with van der Waals surface area (Å²) in [5, 5.41) is 3.98. The predicted molar refractivity (Wildman–Crippen MR) is 180 cm³/mol. The Kier molecular flexibility index (Phi) is 9.48. The van der Waals surface area contributed by atoms with E-state index in [9.17, 15) is 18.0 Å². The average Bonchev–Trinajstić information content (AvgIpc) is 3.48. The molecule has 2 aromatic rings. The lowest BCUT2D eigenvalue weighted by atomic mass is 9.48. The summed E-state index contributed by atoms with van der Waals surface area (Å²) in [7, 11) is -3.82. The summed E-state index contributed by atoms with van der Waals surface area (Å²) in [6.45, 7) is 1.49. The number of rotatable bonds is 11. The van der Waals surface area contributed by atoms with Crippen molar-refractivity contribution in [3.8, 4) is 0 Å². The first-order valence-corrected chi connectivity index (χ1v) is 19.2. The topological polar surface area (TPSA) is 86.8 Å². The van der Waals surface area contributed by atoms with Gasteiger partial charge in [-0.25, -0.2) is 8.42 Å². The molecule has 0 heterocycles. The van der Waals surface area contributed by atoms with Gasteiger partial charge in [0, 0.05) is 22.6 Å². The van der Waals surface area contributed by atoms with E-state index < -0.39 is 28.5 Å². The zero-order valence-electron chi connectivity index (χ0n) is 26.3. The molecular weight excluding hydrogens is 629 g/mol. The van der Waals surface area contributed by atoms with Crippen LogP contribution in [-0.4, -0.2) is 50.0 Å². The summed E-state index contributed by atoms with van der Waals surface area (Å²) in [6.07, 6.45) is 13.2. The Balaban J connectivity index is 1.26. The van der Waals surface area contributed by atoms with Crippen molar-refractivity contribution < 1.29 is 18.0 Å². The van der Waals surface area contributed by atoms with Crippen molar-refractivity contribution in [2.75, 3.05) is 17.1 Å². The Morgan fingerprint density at radius 1 is 0.956 bits per heavy atom. The van der Waals surface area contributed by atoms with Crippen molar-refractivity contribution in [2.24, 2.45) is 17.8 Å². The van der Waals surface area contributed by atoms with E-state index in [1.807, 2.05) is 19.1 Å². The van der Waals surface area contributed by atoms with E-state index in [1.54, 1.807) is 18.2 Å². The zero-order chi connectivity index (χ0) is 31.9. The maximum atomic E-state index is 14.2. The molecule has 4 bridgehead atoms. The minimum absolute atomic E-state index is 0.0496. The SMILES string of the molecule is CC[C@H](C(=O)NC1CCCC1)N(Cc1ccc(Cl)cc1Cl)C(=O)CN(c1ccc(C23CC4CC(CC(C4)C2)C3)cc1)S(C)(=O)=O. The van der Waals surface area contributed by atoms with Crippen molar-refractivity contribution in [1.82, 2.24) is 10.2 Å². The second-order valence-electron chi connectivity index (χ2n) is 14.2. The molecule has 1 atom stereocenters. The van der Waals surface area contributed by atoms with Gasteiger partial charge in [0.05, 0.1) is 11.9 Å². The van der Waals surface area contributed by atoms with E-state index >= 15 is 0 Å². The van der Waals surface area contributed by atoms with Gasteiger partial charge in [-0.05, 0) is 116 Å². The summed E-state index contributed by atoms with van der Waals surface area (Å²) >= 11 is 12.6. The molecular formula is C35H45Cl2N3O4S. The fourth-order valence-electron chi connectivity index (χ4n) is 9.18. The van der Waals surface area contributed by atoms with Crippen LogP contribution < -0.4 is 9.62 Å². The quantitative estimate of drug-likeness (QED) is 0.276. The molecule has 0 radical (unpaired) electrons. The van der Waals surface area contributed by atoms with E-state index in [2.05, 4.69) is 17.4 Å². The largest absolute Gasteiger partial charge is 0.352 e. The van der Waals surface area contributed by atoms with Crippen LogP contribution in [0.4, 0.5) is 5.69 Å². The highest BCUT2D eigenvalue weighted by Crippen LogP contribution is 2.60. The Bertz CT molecular complexity index is 1490. The maximum Gasteiger partial charge on any atom is 0.244 e. The Morgan fingerprint density at radius 3 is 2.09 bits per heavy atom. The second-order valence-corrected chi connectivity index (χ2v) is 16.9. The zero-order valence-corrected chi connectivity index (χ0v) is 28.6. The molecule has 0 aliphatic heterocycles. The second kappa shape index (κ2) is 13.1. The molecule has 1 N–H and O–H groups in total. The van der Waals surface area contributed by atoms with E-state index in [0.29, 0.717) is 27.7 Å². The fraction of sp³-hybridized carbons (Fsp3) is 0.600. The number of nitrogens with zero attached hydrogens (tertiary/aromatic N) is 2. The molecule has 5 saturated carbocycles. The smallest absolute Gasteiger partial charge is 0.244 e. The number of anilines is 1. The normalized spacial score (nSPS) is 26.5. The van der Waals surface area contributed by atoms with Crippen LogP contribution in [0.3, 0.4) is 0 Å². The summed E-state index contributed by atoms with van der Waals surface area (Å²) < 4.78 is 27.5. The molecule has 0 unspecified atom stereocenters. The Morgan fingerprint density at radius 2 is 1.56 bits per heavy atom. The lowest BCUT2D eigenvalue weighted by molar-refractivity contribution is -0.140. The third-order valence-electron chi connectivity index (χ3n) is 10.9. The number of carbonyl (C=O) groups is 2. The highest BCUT2D eigenvalue weighted by molar-refractivity contribution is 7.92. The van der Waals surface area contributed by atoms with Crippen molar-refractivity contribution in [1.29, 1.82) is 0 Å². The van der Waals surface area contributed by atoms with Gasteiger partial charge in [0.1, 0.15) is 12.6 Å². The van der Waals surface area contributed by atoms with Gasteiger partial charge in [0.15, 0.2) is 0 Å². The number of halogens is 2. The minimum atomic E-state index is -3.82. The fourth-order valence-corrected chi connectivity index (χ4v) is 10.5. The number of nitrogens with one attached hydrogen (secondary N) is 1.